The molecule has 0 fully saturated rings. The first-order chi connectivity index (χ1) is 12.0. The molecular weight excluding hydrogens is 338 g/mol. The van der Waals surface area contributed by atoms with Crippen molar-refractivity contribution < 1.29 is 13.2 Å². The van der Waals surface area contributed by atoms with Crippen LogP contribution in [0.4, 0.5) is 0 Å². The Morgan fingerprint density at radius 3 is 2.32 bits per heavy atom. The molecule has 0 spiro atoms. The van der Waals surface area contributed by atoms with Gasteiger partial charge in [-0.3, -0.25) is 9.78 Å². The highest BCUT2D eigenvalue weighted by atomic mass is 32.2. The van der Waals surface area contributed by atoms with Crippen LogP contribution in [-0.4, -0.2) is 24.3 Å². The number of rotatable bonds is 4. The standard InChI is InChI=1S/C18H15N3O3S/c1-13-7-9-14(10-8-13)17-15(5-4-12-20-17)18(22)21-25(23,24)16-6-2-3-11-19-16/h2-12H,1H3,(H,21,22). The summed E-state index contributed by atoms with van der Waals surface area (Å²) in [6.45, 7) is 1.95. The number of benzene rings is 1. The van der Waals surface area contributed by atoms with E-state index in [0.29, 0.717) is 5.69 Å². The van der Waals surface area contributed by atoms with Gasteiger partial charge >= 0.3 is 0 Å². The molecule has 1 N–H and O–H groups in total. The van der Waals surface area contributed by atoms with Crippen molar-refractivity contribution in [3.63, 3.8) is 0 Å². The molecule has 25 heavy (non-hydrogen) atoms. The Morgan fingerprint density at radius 2 is 1.64 bits per heavy atom. The lowest BCUT2D eigenvalue weighted by molar-refractivity contribution is 0.0981. The molecule has 3 rings (SSSR count). The summed E-state index contributed by atoms with van der Waals surface area (Å²) in [5.41, 5.74) is 2.39. The van der Waals surface area contributed by atoms with Crippen molar-refractivity contribution in [3.8, 4) is 11.3 Å². The number of sulfonamides is 1. The van der Waals surface area contributed by atoms with E-state index >= 15 is 0 Å². The number of nitrogens with zero attached hydrogens (tertiary/aromatic N) is 2. The van der Waals surface area contributed by atoms with E-state index in [4.69, 9.17) is 0 Å². The maximum atomic E-state index is 12.5. The molecule has 3 aromatic rings. The molecule has 0 radical (unpaired) electrons. The SMILES string of the molecule is Cc1ccc(-c2ncccc2C(=O)NS(=O)(=O)c2ccccn2)cc1. The Labute approximate surface area is 145 Å². The number of amides is 1. The minimum absolute atomic E-state index is 0.172. The molecule has 1 aromatic carbocycles. The first-order valence-corrected chi connectivity index (χ1v) is 8.96. The first kappa shape index (κ1) is 16.8. The molecule has 6 nitrogen and oxygen atoms in total. The summed E-state index contributed by atoms with van der Waals surface area (Å²) in [7, 11) is -4.05. The van der Waals surface area contributed by atoms with E-state index < -0.39 is 15.9 Å². The van der Waals surface area contributed by atoms with Crippen molar-refractivity contribution in [2.24, 2.45) is 0 Å². The highest BCUT2D eigenvalue weighted by Gasteiger charge is 2.22. The third-order valence-electron chi connectivity index (χ3n) is 3.52. The number of carbonyl (C=O) groups is 1. The number of carbonyl (C=O) groups excluding carboxylic acids is 1. The van der Waals surface area contributed by atoms with Crippen LogP contribution in [0.1, 0.15) is 15.9 Å². The maximum Gasteiger partial charge on any atom is 0.281 e. The van der Waals surface area contributed by atoms with Crippen molar-refractivity contribution in [1.29, 1.82) is 0 Å². The molecule has 7 heteroatoms. The average Bonchev–Trinajstić information content (AvgIpc) is 2.63. The smallest absolute Gasteiger partial charge is 0.268 e. The van der Waals surface area contributed by atoms with E-state index in [1.165, 1.54) is 24.4 Å². The van der Waals surface area contributed by atoms with Gasteiger partial charge < -0.3 is 0 Å². The molecule has 0 aliphatic rings. The number of pyridine rings is 2. The predicted octanol–water partition coefficient (Wildman–Crippen LogP) is 2.57. The van der Waals surface area contributed by atoms with Gasteiger partial charge in [0.05, 0.1) is 11.3 Å². The van der Waals surface area contributed by atoms with E-state index in [2.05, 4.69) is 9.97 Å². The lowest BCUT2D eigenvalue weighted by Gasteiger charge is -2.10. The molecule has 0 unspecified atom stereocenters. The van der Waals surface area contributed by atoms with Crippen molar-refractivity contribution in [2.45, 2.75) is 11.9 Å². The second-order valence-electron chi connectivity index (χ2n) is 5.37. The third-order valence-corrected chi connectivity index (χ3v) is 4.76. The summed E-state index contributed by atoms with van der Waals surface area (Å²) in [5.74, 6) is -0.755. The fourth-order valence-corrected chi connectivity index (χ4v) is 3.18. The van der Waals surface area contributed by atoms with E-state index in [0.717, 1.165) is 11.1 Å². The molecule has 0 atom stereocenters. The number of aromatic nitrogens is 2. The van der Waals surface area contributed by atoms with E-state index in [9.17, 15) is 13.2 Å². The summed E-state index contributed by atoms with van der Waals surface area (Å²) in [4.78, 5) is 20.5. The van der Waals surface area contributed by atoms with E-state index in [1.807, 2.05) is 35.9 Å². The van der Waals surface area contributed by atoms with Crippen molar-refractivity contribution in [3.05, 3.63) is 78.1 Å². The highest BCUT2D eigenvalue weighted by molar-refractivity contribution is 7.90. The van der Waals surface area contributed by atoms with Crippen LogP contribution in [0.5, 0.6) is 0 Å². The van der Waals surface area contributed by atoms with Gasteiger partial charge in [-0.05, 0) is 31.2 Å². The number of hydrogen-bond donors (Lipinski definition) is 1. The molecule has 0 saturated carbocycles. The molecule has 0 aliphatic heterocycles. The fraction of sp³-hybridized carbons (Fsp3) is 0.0556. The Balaban J connectivity index is 1.95. The van der Waals surface area contributed by atoms with Gasteiger partial charge in [-0.15, -0.1) is 0 Å². The van der Waals surface area contributed by atoms with E-state index in [-0.39, 0.29) is 10.6 Å². The summed E-state index contributed by atoms with van der Waals surface area (Å²) in [6, 6.07) is 15.0. The lowest BCUT2D eigenvalue weighted by Crippen LogP contribution is -2.31. The molecule has 2 heterocycles. The van der Waals surface area contributed by atoms with Gasteiger partial charge in [0.25, 0.3) is 15.9 Å². The Morgan fingerprint density at radius 1 is 0.920 bits per heavy atom. The van der Waals surface area contributed by atoms with Gasteiger partial charge in [-0.25, -0.2) is 9.71 Å². The average molecular weight is 353 g/mol. The van der Waals surface area contributed by atoms with Crippen LogP contribution in [0.3, 0.4) is 0 Å². The number of aryl methyl sites for hydroxylation is 1. The quantitative estimate of drug-likeness (QED) is 0.779. The maximum absolute atomic E-state index is 12.5. The number of hydrogen-bond acceptors (Lipinski definition) is 5. The van der Waals surface area contributed by atoms with Crippen LogP contribution < -0.4 is 4.72 Å². The van der Waals surface area contributed by atoms with Gasteiger partial charge in [0.1, 0.15) is 0 Å². The predicted molar refractivity (Wildman–Crippen MR) is 93.3 cm³/mol. The highest BCUT2D eigenvalue weighted by Crippen LogP contribution is 2.22. The van der Waals surface area contributed by atoms with Gasteiger partial charge in [0.2, 0.25) is 0 Å². The Kier molecular flexibility index (Phi) is 4.58. The van der Waals surface area contributed by atoms with Gasteiger partial charge in [-0.2, -0.15) is 8.42 Å². The topological polar surface area (TPSA) is 89.0 Å². The van der Waals surface area contributed by atoms with Crippen molar-refractivity contribution in [1.82, 2.24) is 14.7 Å². The van der Waals surface area contributed by atoms with Crippen LogP contribution in [0.25, 0.3) is 11.3 Å². The molecule has 0 aliphatic carbocycles. The van der Waals surface area contributed by atoms with Crippen LogP contribution in [-0.2, 0) is 10.0 Å². The Hall–Kier alpha value is -3.06. The Bertz CT molecular complexity index is 1000. The zero-order valence-electron chi connectivity index (χ0n) is 13.4. The molecular formula is C18H15N3O3S. The van der Waals surface area contributed by atoms with Crippen LogP contribution in [0.2, 0.25) is 0 Å². The number of nitrogens with one attached hydrogen (secondary N) is 1. The molecule has 2 aromatic heterocycles. The zero-order chi connectivity index (χ0) is 17.9. The second-order valence-corrected chi connectivity index (χ2v) is 7.00. The summed E-state index contributed by atoms with van der Waals surface area (Å²) in [5, 5.41) is -0.218. The zero-order valence-corrected chi connectivity index (χ0v) is 14.2. The van der Waals surface area contributed by atoms with Crippen LogP contribution in [0, 0.1) is 6.92 Å². The minimum Gasteiger partial charge on any atom is -0.268 e. The largest absolute Gasteiger partial charge is 0.281 e. The van der Waals surface area contributed by atoms with Crippen LogP contribution in [0.15, 0.2) is 72.0 Å². The van der Waals surface area contributed by atoms with Crippen LogP contribution >= 0.6 is 0 Å². The fourth-order valence-electron chi connectivity index (χ4n) is 2.27. The summed E-state index contributed by atoms with van der Waals surface area (Å²) < 4.78 is 26.6. The monoisotopic (exact) mass is 353 g/mol. The minimum atomic E-state index is -4.05. The van der Waals surface area contributed by atoms with Crippen molar-refractivity contribution in [2.75, 3.05) is 0 Å². The molecule has 0 bridgehead atoms. The second kappa shape index (κ2) is 6.82. The van der Waals surface area contributed by atoms with Gasteiger partial charge in [0.15, 0.2) is 5.03 Å². The lowest BCUT2D eigenvalue weighted by atomic mass is 10.0. The van der Waals surface area contributed by atoms with Crippen molar-refractivity contribution >= 4 is 15.9 Å². The molecule has 1 amide bonds. The molecule has 126 valence electrons. The summed E-state index contributed by atoms with van der Waals surface area (Å²) in [6.07, 6.45) is 2.90. The van der Waals surface area contributed by atoms with E-state index in [1.54, 1.807) is 18.3 Å². The first-order valence-electron chi connectivity index (χ1n) is 7.47. The normalized spacial score (nSPS) is 11.1. The summed E-state index contributed by atoms with van der Waals surface area (Å²) >= 11 is 0. The van der Waals surface area contributed by atoms with Gasteiger partial charge in [-0.1, -0.05) is 35.9 Å². The molecule has 0 saturated heterocycles. The van der Waals surface area contributed by atoms with Gasteiger partial charge in [0, 0.05) is 18.0 Å². The third kappa shape index (κ3) is 3.72.